The average molecular weight is 305 g/mol. The number of nitrogens with zero attached hydrogens (tertiary/aromatic N) is 1. The summed E-state index contributed by atoms with van der Waals surface area (Å²) < 4.78 is 4.68. The molecule has 0 aliphatic carbocycles. The van der Waals surface area contributed by atoms with E-state index < -0.39 is 10.9 Å². The second-order valence-electron chi connectivity index (χ2n) is 5.29. The molecule has 2 heterocycles. The molecule has 0 radical (unpaired) electrons. The van der Waals surface area contributed by atoms with Crippen LogP contribution in [0.25, 0.3) is 5.57 Å². The first kappa shape index (κ1) is 14.1. The van der Waals surface area contributed by atoms with Gasteiger partial charge in [-0.05, 0) is 36.5 Å². The van der Waals surface area contributed by atoms with Crippen molar-refractivity contribution < 1.29 is 14.5 Å². The fourth-order valence-corrected chi connectivity index (χ4v) is 4.45. The van der Waals surface area contributed by atoms with E-state index in [1.807, 2.05) is 11.8 Å². The summed E-state index contributed by atoms with van der Waals surface area (Å²) in [4.78, 5) is 22.3. The van der Waals surface area contributed by atoms with E-state index in [9.17, 15) is 14.9 Å². The van der Waals surface area contributed by atoms with Crippen LogP contribution in [0.4, 0.5) is 5.69 Å². The normalized spacial score (nSPS) is 23.6. The number of carbonyl (C=O) groups is 1. The molecule has 2 unspecified atom stereocenters. The highest BCUT2D eigenvalue weighted by molar-refractivity contribution is 8.01. The largest absolute Gasteiger partial charge is 0.465 e. The van der Waals surface area contributed by atoms with Crippen molar-refractivity contribution in [2.75, 3.05) is 7.11 Å². The number of methoxy groups -OCH3 is 1. The number of hydrogen-bond acceptors (Lipinski definition) is 5. The molecule has 0 saturated carbocycles. The van der Waals surface area contributed by atoms with Gasteiger partial charge in [0.2, 0.25) is 0 Å². The van der Waals surface area contributed by atoms with Crippen LogP contribution in [0.2, 0.25) is 0 Å². The van der Waals surface area contributed by atoms with Crippen LogP contribution in [-0.4, -0.2) is 28.5 Å². The third-order valence-corrected chi connectivity index (χ3v) is 5.40. The Bertz CT molecular complexity index is 641. The van der Waals surface area contributed by atoms with Crippen molar-refractivity contribution in [3.8, 4) is 0 Å². The van der Waals surface area contributed by atoms with Gasteiger partial charge >= 0.3 is 5.97 Å². The second-order valence-corrected chi connectivity index (χ2v) is 6.83. The Labute approximate surface area is 126 Å². The minimum atomic E-state index is -0.547. The van der Waals surface area contributed by atoms with Crippen LogP contribution in [0.15, 0.2) is 24.3 Å². The quantitative estimate of drug-likeness (QED) is 0.486. The van der Waals surface area contributed by atoms with Crippen molar-refractivity contribution in [3.63, 3.8) is 0 Å². The predicted octanol–water partition coefficient (Wildman–Crippen LogP) is 3.43. The maximum Gasteiger partial charge on any atom is 0.338 e. The van der Waals surface area contributed by atoms with Crippen LogP contribution < -0.4 is 0 Å². The summed E-state index contributed by atoms with van der Waals surface area (Å²) in [6.45, 7) is 0. The molecule has 6 heteroatoms. The molecule has 5 nitrogen and oxygen atoms in total. The Balaban J connectivity index is 2.03. The molecule has 1 saturated heterocycles. The molecular formula is C15H15NO4S. The molecule has 3 rings (SSSR count). The maximum absolute atomic E-state index is 11.7. The van der Waals surface area contributed by atoms with Gasteiger partial charge in [-0.15, -0.1) is 0 Å². The van der Waals surface area contributed by atoms with Gasteiger partial charge in [0.25, 0.3) is 5.69 Å². The second kappa shape index (κ2) is 5.52. The molecule has 21 heavy (non-hydrogen) atoms. The Morgan fingerprint density at radius 3 is 2.86 bits per heavy atom. The lowest BCUT2D eigenvalue weighted by Crippen LogP contribution is -2.08. The summed E-state index contributed by atoms with van der Waals surface area (Å²) in [6, 6.07) is 4.51. The number of esters is 1. The number of thioether (sulfide) groups is 1. The molecule has 2 aliphatic heterocycles. The van der Waals surface area contributed by atoms with E-state index in [0.717, 1.165) is 24.0 Å². The van der Waals surface area contributed by atoms with E-state index in [1.54, 1.807) is 12.1 Å². The maximum atomic E-state index is 11.7. The molecule has 0 N–H and O–H groups in total. The Morgan fingerprint density at radius 2 is 2.19 bits per heavy atom. The lowest BCUT2D eigenvalue weighted by Gasteiger charge is -2.19. The van der Waals surface area contributed by atoms with E-state index in [0.29, 0.717) is 10.5 Å². The molecule has 2 atom stereocenters. The SMILES string of the molecule is COC(=O)c1cc(C2=CC3CCC(C2)S3)cc([N+](=O)[O-])c1. The molecular weight excluding hydrogens is 290 g/mol. The van der Waals surface area contributed by atoms with Gasteiger partial charge in [-0.3, -0.25) is 10.1 Å². The van der Waals surface area contributed by atoms with E-state index in [4.69, 9.17) is 0 Å². The van der Waals surface area contributed by atoms with Gasteiger partial charge in [0.1, 0.15) is 0 Å². The lowest BCUT2D eigenvalue weighted by molar-refractivity contribution is -0.384. The van der Waals surface area contributed by atoms with Crippen molar-refractivity contribution in [1.29, 1.82) is 0 Å². The standard InChI is InChI=1S/C15H15NO4S/c1-20-15(17)11-4-9(5-12(6-11)16(18)19)10-7-13-2-3-14(8-10)21-13/h4-7,13-14H,2-3,8H2,1H3. The topological polar surface area (TPSA) is 69.4 Å². The number of nitro groups is 1. The number of fused-ring (bicyclic) bond motifs is 2. The summed E-state index contributed by atoms with van der Waals surface area (Å²) in [6.07, 6.45) is 5.45. The van der Waals surface area contributed by atoms with E-state index in [2.05, 4.69) is 10.8 Å². The first-order chi connectivity index (χ1) is 10.1. The number of rotatable bonds is 3. The number of benzene rings is 1. The summed E-state index contributed by atoms with van der Waals surface area (Å²) >= 11 is 1.97. The Hall–Kier alpha value is -1.82. The number of non-ortho nitro benzene ring substituents is 1. The van der Waals surface area contributed by atoms with Gasteiger partial charge in [0, 0.05) is 22.6 Å². The fraction of sp³-hybridized carbons (Fsp3) is 0.400. The van der Waals surface area contributed by atoms with Gasteiger partial charge in [-0.25, -0.2) is 4.79 Å². The number of hydrogen-bond donors (Lipinski definition) is 0. The predicted molar refractivity (Wildman–Crippen MR) is 81.4 cm³/mol. The molecule has 2 aliphatic rings. The molecule has 0 aromatic heterocycles. The summed E-state index contributed by atoms with van der Waals surface area (Å²) in [5.41, 5.74) is 2.03. The van der Waals surface area contributed by atoms with Crippen molar-refractivity contribution >= 4 is 29.0 Å². The highest BCUT2D eigenvalue weighted by Crippen LogP contribution is 2.45. The van der Waals surface area contributed by atoms with E-state index in [-0.39, 0.29) is 11.3 Å². The highest BCUT2D eigenvalue weighted by atomic mass is 32.2. The smallest absolute Gasteiger partial charge is 0.338 e. The first-order valence-electron chi connectivity index (χ1n) is 6.81. The number of ether oxygens (including phenoxy) is 1. The van der Waals surface area contributed by atoms with Crippen molar-refractivity contribution in [1.82, 2.24) is 0 Å². The van der Waals surface area contributed by atoms with E-state index in [1.165, 1.54) is 19.6 Å². The van der Waals surface area contributed by atoms with Gasteiger partial charge < -0.3 is 4.74 Å². The molecule has 1 fully saturated rings. The van der Waals surface area contributed by atoms with Crippen LogP contribution >= 0.6 is 11.8 Å². The summed E-state index contributed by atoms with van der Waals surface area (Å²) in [5, 5.41) is 12.2. The zero-order valence-electron chi connectivity index (χ0n) is 11.6. The molecule has 1 aromatic rings. The Kier molecular flexibility index (Phi) is 3.71. The van der Waals surface area contributed by atoms with Crippen LogP contribution in [0.5, 0.6) is 0 Å². The number of nitro benzene ring substituents is 1. The highest BCUT2D eigenvalue weighted by Gasteiger charge is 2.30. The molecule has 2 bridgehead atoms. The molecule has 1 aromatic carbocycles. The number of allylic oxidation sites excluding steroid dienone is 1. The zero-order chi connectivity index (χ0) is 15.0. The van der Waals surface area contributed by atoms with Crippen LogP contribution in [-0.2, 0) is 4.74 Å². The van der Waals surface area contributed by atoms with Crippen molar-refractivity contribution in [3.05, 3.63) is 45.5 Å². The fourth-order valence-electron chi connectivity index (χ4n) is 2.90. The van der Waals surface area contributed by atoms with Gasteiger partial charge in [0.15, 0.2) is 0 Å². The average Bonchev–Trinajstić information content (AvgIpc) is 2.84. The van der Waals surface area contributed by atoms with Crippen LogP contribution in [0, 0.1) is 10.1 Å². The third kappa shape index (κ3) is 2.81. The van der Waals surface area contributed by atoms with Crippen molar-refractivity contribution in [2.24, 2.45) is 0 Å². The Morgan fingerprint density at radius 1 is 1.38 bits per heavy atom. The molecule has 110 valence electrons. The van der Waals surface area contributed by atoms with Gasteiger partial charge in [-0.1, -0.05) is 6.08 Å². The minimum Gasteiger partial charge on any atom is -0.465 e. The summed E-state index contributed by atoms with van der Waals surface area (Å²) in [7, 11) is 1.28. The zero-order valence-corrected chi connectivity index (χ0v) is 12.4. The molecule has 0 spiro atoms. The molecule has 0 amide bonds. The lowest BCUT2D eigenvalue weighted by atomic mass is 9.98. The monoisotopic (exact) mass is 305 g/mol. The first-order valence-corrected chi connectivity index (χ1v) is 7.75. The number of carbonyl (C=O) groups excluding carboxylic acids is 1. The van der Waals surface area contributed by atoms with Crippen molar-refractivity contribution in [2.45, 2.75) is 29.8 Å². The van der Waals surface area contributed by atoms with Crippen LogP contribution in [0.1, 0.15) is 35.2 Å². The van der Waals surface area contributed by atoms with E-state index >= 15 is 0 Å². The van der Waals surface area contributed by atoms with Crippen LogP contribution in [0.3, 0.4) is 0 Å². The minimum absolute atomic E-state index is 0.0700. The summed E-state index contributed by atoms with van der Waals surface area (Å²) in [5.74, 6) is -0.547. The van der Waals surface area contributed by atoms with Gasteiger partial charge in [0.05, 0.1) is 17.6 Å². The third-order valence-electron chi connectivity index (χ3n) is 3.90. The van der Waals surface area contributed by atoms with Gasteiger partial charge in [-0.2, -0.15) is 11.8 Å².